The first-order valence-electron chi connectivity index (χ1n) is 10.6. The second-order valence-corrected chi connectivity index (χ2v) is 8.19. The van der Waals surface area contributed by atoms with Crippen LogP contribution in [0.2, 0.25) is 0 Å². The van der Waals surface area contributed by atoms with Gasteiger partial charge in [0.15, 0.2) is 5.96 Å². The minimum atomic E-state index is -0.0404. The van der Waals surface area contributed by atoms with Crippen molar-refractivity contribution in [3.8, 4) is 0 Å². The molecule has 2 aromatic rings. The van der Waals surface area contributed by atoms with Gasteiger partial charge in [0.1, 0.15) is 5.76 Å². The molecule has 0 aliphatic heterocycles. The molecule has 2 N–H and O–H groups in total. The number of aromatic nitrogens is 1. The molecule has 0 saturated carbocycles. The maximum Gasteiger partial charge on any atom is 0.213 e. The van der Waals surface area contributed by atoms with Gasteiger partial charge in [0, 0.05) is 18.5 Å². The fourth-order valence-corrected chi connectivity index (χ4v) is 2.87. The van der Waals surface area contributed by atoms with Gasteiger partial charge in [-0.2, -0.15) is 0 Å². The van der Waals surface area contributed by atoms with E-state index in [9.17, 15) is 0 Å². The Balaban J connectivity index is 1.93. The van der Waals surface area contributed by atoms with Gasteiger partial charge in [-0.3, -0.25) is 4.90 Å². The third kappa shape index (κ3) is 7.54. The highest BCUT2D eigenvalue weighted by atomic mass is 16.4. The second-order valence-electron chi connectivity index (χ2n) is 8.19. The van der Waals surface area contributed by atoms with Crippen molar-refractivity contribution in [2.75, 3.05) is 19.6 Å². The van der Waals surface area contributed by atoms with Crippen LogP contribution in [0.4, 0.5) is 0 Å². The average molecular weight is 400 g/mol. The molecule has 0 aliphatic rings. The number of benzene rings is 1. The minimum Gasteiger partial charge on any atom is -0.443 e. The highest BCUT2D eigenvalue weighted by Crippen LogP contribution is 2.22. The number of oxazole rings is 1. The third-order valence-electron chi connectivity index (χ3n) is 4.79. The molecule has 6 nitrogen and oxygen atoms in total. The van der Waals surface area contributed by atoms with Crippen LogP contribution >= 0.6 is 0 Å². The highest BCUT2D eigenvalue weighted by Gasteiger charge is 2.19. The number of aliphatic imine (C=N–C) groups is 1. The Morgan fingerprint density at radius 1 is 1.03 bits per heavy atom. The molecule has 0 amide bonds. The van der Waals surface area contributed by atoms with E-state index in [-0.39, 0.29) is 5.41 Å². The third-order valence-corrected chi connectivity index (χ3v) is 4.79. The zero-order valence-corrected chi connectivity index (χ0v) is 18.9. The Labute approximate surface area is 175 Å². The first kappa shape index (κ1) is 22.9. The summed E-state index contributed by atoms with van der Waals surface area (Å²) in [7, 11) is 0. The summed E-state index contributed by atoms with van der Waals surface area (Å²) < 4.78 is 5.84. The molecule has 0 saturated heterocycles. The molecule has 1 aromatic carbocycles. The van der Waals surface area contributed by atoms with E-state index >= 15 is 0 Å². The Bertz CT molecular complexity index is 754. The van der Waals surface area contributed by atoms with E-state index < -0.39 is 0 Å². The van der Waals surface area contributed by atoms with Gasteiger partial charge >= 0.3 is 0 Å². The Kier molecular flexibility index (Phi) is 8.70. The number of nitrogens with zero attached hydrogens (tertiary/aromatic N) is 3. The van der Waals surface area contributed by atoms with Crippen LogP contribution in [0.15, 0.2) is 39.9 Å². The quantitative estimate of drug-likeness (QED) is 0.491. The summed E-state index contributed by atoms with van der Waals surface area (Å²) in [4.78, 5) is 11.5. The number of nitrogens with one attached hydrogen (secondary N) is 2. The van der Waals surface area contributed by atoms with Gasteiger partial charge in [0.2, 0.25) is 5.89 Å². The van der Waals surface area contributed by atoms with Crippen molar-refractivity contribution in [3.63, 3.8) is 0 Å². The van der Waals surface area contributed by atoms with Gasteiger partial charge in [0.25, 0.3) is 0 Å². The molecule has 160 valence electrons. The smallest absolute Gasteiger partial charge is 0.213 e. The largest absolute Gasteiger partial charge is 0.443 e. The maximum atomic E-state index is 5.84. The molecule has 0 unspecified atom stereocenters. The first-order chi connectivity index (χ1) is 13.9. The molecule has 0 radical (unpaired) electrons. The van der Waals surface area contributed by atoms with Crippen LogP contribution in [0.3, 0.4) is 0 Å². The van der Waals surface area contributed by atoms with E-state index in [4.69, 9.17) is 9.41 Å². The fourth-order valence-electron chi connectivity index (χ4n) is 2.87. The van der Waals surface area contributed by atoms with Crippen molar-refractivity contribution in [3.05, 3.63) is 53.2 Å². The Morgan fingerprint density at radius 3 is 2.24 bits per heavy atom. The number of hydrogen-bond acceptors (Lipinski definition) is 4. The average Bonchev–Trinajstić information content (AvgIpc) is 3.19. The zero-order valence-electron chi connectivity index (χ0n) is 18.9. The predicted molar refractivity (Wildman–Crippen MR) is 120 cm³/mol. The molecule has 2 rings (SSSR count). The number of hydrogen-bond donors (Lipinski definition) is 2. The van der Waals surface area contributed by atoms with Crippen LogP contribution in [0, 0.1) is 0 Å². The second kappa shape index (κ2) is 11.0. The van der Waals surface area contributed by atoms with Gasteiger partial charge in [-0.25, -0.2) is 9.98 Å². The standard InChI is InChI=1S/C23H37N5O/c1-7-24-22(27-16-21-25-15-20(29-21)23(4,5)6)26-14-18-10-12-19(13-11-18)17-28(8-2)9-3/h10-13,15H,7-9,14,16-17H2,1-6H3,(H2,24,26,27). The first-order valence-corrected chi connectivity index (χ1v) is 10.6. The van der Waals surface area contributed by atoms with Crippen molar-refractivity contribution in [1.29, 1.82) is 0 Å². The van der Waals surface area contributed by atoms with Gasteiger partial charge in [0.05, 0.1) is 19.3 Å². The summed E-state index contributed by atoms with van der Waals surface area (Å²) in [5.41, 5.74) is 2.49. The molecule has 0 fully saturated rings. The van der Waals surface area contributed by atoms with E-state index in [0.29, 0.717) is 19.0 Å². The lowest BCUT2D eigenvalue weighted by atomic mass is 9.94. The minimum absolute atomic E-state index is 0.0404. The summed E-state index contributed by atoms with van der Waals surface area (Å²) in [6.07, 6.45) is 1.81. The van der Waals surface area contributed by atoms with E-state index in [2.05, 4.69) is 86.3 Å². The van der Waals surface area contributed by atoms with Gasteiger partial charge in [-0.15, -0.1) is 0 Å². The van der Waals surface area contributed by atoms with Crippen LogP contribution in [-0.4, -0.2) is 35.5 Å². The van der Waals surface area contributed by atoms with E-state index in [0.717, 1.165) is 37.9 Å². The lowest BCUT2D eigenvalue weighted by molar-refractivity contribution is 0.296. The SMILES string of the molecule is CCNC(=NCc1ccc(CN(CC)CC)cc1)NCc1ncc(C(C)(C)C)o1. The van der Waals surface area contributed by atoms with Crippen LogP contribution in [0.1, 0.15) is 64.3 Å². The van der Waals surface area contributed by atoms with Crippen molar-refractivity contribution >= 4 is 5.96 Å². The molecule has 6 heteroatoms. The summed E-state index contributed by atoms with van der Waals surface area (Å²) in [6, 6.07) is 8.72. The van der Waals surface area contributed by atoms with E-state index in [1.165, 1.54) is 11.1 Å². The van der Waals surface area contributed by atoms with Gasteiger partial charge in [-0.1, -0.05) is 58.9 Å². The van der Waals surface area contributed by atoms with E-state index in [1.807, 2.05) is 0 Å². The number of guanidine groups is 1. The molecule has 0 bridgehead atoms. The van der Waals surface area contributed by atoms with Crippen molar-refractivity contribution in [2.24, 2.45) is 4.99 Å². The van der Waals surface area contributed by atoms with Crippen molar-refractivity contribution in [2.45, 2.75) is 66.6 Å². The Morgan fingerprint density at radius 2 is 1.69 bits per heavy atom. The monoisotopic (exact) mass is 399 g/mol. The molecular formula is C23H37N5O. The van der Waals surface area contributed by atoms with Crippen LogP contribution < -0.4 is 10.6 Å². The topological polar surface area (TPSA) is 65.7 Å². The number of rotatable bonds is 9. The highest BCUT2D eigenvalue weighted by molar-refractivity contribution is 5.79. The molecule has 1 heterocycles. The molecule has 29 heavy (non-hydrogen) atoms. The zero-order chi connectivity index (χ0) is 21.3. The van der Waals surface area contributed by atoms with Crippen molar-refractivity contribution in [1.82, 2.24) is 20.5 Å². The maximum absolute atomic E-state index is 5.84. The van der Waals surface area contributed by atoms with Gasteiger partial charge < -0.3 is 15.1 Å². The molecular weight excluding hydrogens is 362 g/mol. The van der Waals surface area contributed by atoms with Crippen LogP contribution in [0.5, 0.6) is 0 Å². The fraction of sp³-hybridized carbons (Fsp3) is 0.565. The summed E-state index contributed by atoms with van der Waals surface area (Å²) in [5, 5.41) is 6.58. The Hall–Kier alpha value is -2.34. The molecule has 0 spiro atoms. The van der Waals surface area contributed by atoms with Crippen LogP contribution in [-0.2, 0) is 25.0 Å². The lowest BCUT2D eigenvalue weighted by Gasteiger charge is -2.18. The van der Waals surface area contributed by atoms with Crippen LogP contribution in [0.25, 0.3) is 0 Å². The summed E-state index contributed by atoms with van der Waals surface area (Å²) >= 11 is 0. The predicted octanol–water partition coefficient (Wildman–Crippen LogP) is 4.07. The summed E-state index contributed by atoms with van der Waals surface area (Å²) in [5.74, 6) is 2.32. The van der Waals surface area contributed by atoms with Crippen molar-refractivity contribution < 1.29 is 4.42 Å². The van der Waals surface area contributed by atoms with Gasteiger partial charge in [-0.05, 0) is 31.1 Å². The lowest BCUT2D eigenvalue weighted by Crippen LogP contribution is -2.36. The summed E-state index contributed by atoms with van der Waals surface area (Å²) in [6.45, 7) is 17.9. The molecule has 1 aromatic heterocycles. The molecule has 0 atom stereocenters. The van der Waals surface area contributed by atoms with E-state index in [1.54, 1.807) is 6.20 Å². The molecule has 0 aliphatic carbocycles. The normalized spacial score (nSPS) is 12.4.